The van der Waals surface area contributed by atoms with E-state index in [9.17, 15) is 29.4 Å². The van der Waals surface area contributed by atoms with Crippen LogP contribution in [-0.2, 0) is 14.4 Å². The van der Waals surface area contributed by atoms with Crippen molar-refractivity contribution in [2.24, 2.45) is 0 Å². The number of benzene rings is 2. The molecule has 1 aromatic heterocycles. The van der Waals surface area contributed by atoms with Crippen LogP contribution in [0.3, 0.4) is 0 Å². The number of fused-ring (bicyclic) bond motifs is 1. The Morgan fingerprint density at radius 1 is 0.432 bits per heavy atom. The molecule has 0 fully saturated rings. The lowest BCUT2D eigenvalue weighted by Gasteiger charge is -2.18. The van der Waals surface area contributed by atoms with Crippen LogP contribution < -0.4 is 19.6 Å². The Morgan fingerprint density at radius 2 is 0.784 bits per heavy atom. The van der Waals surface area contributed by atoms with Gasteiger partial charge in [0.15, 0.2) is 17.3 Å². The van der Waals surface area contributed by atoms with Gasteiger partial charge in [0.25, 0.3) is 0 Å². The molecule has 0 amide bonds. The van der Waals surface area contributed by atoms with E-state index in [1.807, 2.05) is 0 Å². The first-order chi connectivity index (χ1) is 36.1. The van der Waals surface area contributed by atoms with Gasteiger partial charge in [0, 0.05) is 37.8 Å². The summed E-state index contributed by atoms with van der Waals surface area (Å²) in [6, 6.07) is 4.98. The molecule has 3 rings (SSSR count). The third-order valence-corrected chi connectivity index (χ3v) is 14.2. The van der Waals surface area contributed by atoms with Crippen LogP contribution in [0.2, 0.25) is 0 Å². The SMILES string of the molecule is CCCCCCCCCCCC(=O)Oc1cc2oc(-c3ccc(O)cc3O)c(OC(=O)CCCCCCCCCCC)c(=O)c2c(OC(=O)CCCCCCCCCCC)c1C(=O)CCCCCCCCCCC. The molecule has 11 heteroatoms. The molecule has 2 aromatic carbocycles. The van der Waals surface area contributed by atoms with Gasteiger partial charge >= 0.3 is 17.9 Å². The van der Waals surface area contributed by atoms with Crippen molar-refractivity contribution >= 4 is 34.7 Å². The Labute approximate surface area is 445 Å². The number of Topliss-reactive ketones (excluding diaryl/α,β-unsaturated/α-hetero) is 1. The van der Waals surface area contributed by atoms with Gasteiger partial charge in [0.2, 0.25) is 11.2 Å². The number of esters is 3. The van der Waals surface area contributed by atoms with Crippen molar-refractivity contribution in [1.82, 2.24) is 0 Å². The number of aromatic hydroxyl groups is 2. The summed E-state index contributed by atoms with van der Waals surface area (Å²) in [7, 11) is 0. The normalized spacial score (nSPS) is 11.4. The molecule has 0 aliphatic heterocycles. The van der Waals surface area contributed by atoms with Gasteiger partial charge in [-0.1, -0.05) is 233 Å². The lowest BCUT2D eigenvalue weighted by atomic mass is 9.98. The van der Waals surface area contributed by atoms with Crippen LogP contribution in [0.15, 0.2) is 33.5 Å². The second-order valence-electron chi connectivity index (χ2n) is 20.9. The van der Waals surface area contributed by atoms with Gasteiger partial charge < -0.3 is 28.8 Å². The number of rotatable bonds is 45. The fourth-order valence-corrected chi connectivity index (χ4v) is 9.67. The van der Waals surface area contributed by atoms with Gasteiger partial charge in [-0.05, 0) is 37.8 Å². The summed E-state index contributed by atoms with van der Waals surface area (Å²) < 4.78 is 24.5. The Kier molecular flexibility index (Phi) is 34.1. The molecule has 0 atom stereocenters. The maximum atomic E-state index is 15.1. The van der Waals surface area contributed by atoms with Crippen molar-refractivity contribution in [3.05, 3.63) is 40.1 Å². The van der Waals surface area contributed by atoms with Gasteiger partial charge in [0.05, 0.1) is 5.56 Å². The van der Waals surface area contributed by atoms with Gasteiger partial charge in [-0.3, -0.25) is 24.0 Å². The highest BCUT2D eigenvalue weighted by molar-refractivity contribution is 6.08. The van der Waals surface area contributed by atoms with Crippen LogP contribution in [0.4, 0.5) is 0 Å². The average Bonchev–Trinajstić information content (AvgIpc) is 3.37. The van der Waals surface area contributed by atoms with Crippen molar-refractivity contribution in [3.8, 4) is 40.1 Å². The zero-order valence-corrected chi connectivity index (χ0v) is 46.7. The number of ketones is 1. The van der Waals surface area contributed by atoms with Crippen LogP contribution >= 0.6 is 0 Å². The Balaban J connectivity index is 2.09. The molecule has 74 heavy (non-hydrogen) atoms. The first-order valence-corrected chi connectivity index (χ1v) is 29.9. The number of carbonyl (C=O) groups excluding carboxylic acids is 4. The van der Waals surface area contributed by atoms with Crippen molar-refractivity contribution in [3.63, 3.8) is 0 Å². The van der Waals surface area contributed by atoms with Crippen LogP contribution in [0, 0.1) is 0 Å². The maximum absolute atomic E-state index is 15.1. The molecule has 0 spiro atoms. The predicted octanol–water partition coefficient (Wildman–Crippen LogP) is 18.5. The molecule has 0 saturated carbocycles. The molecule has 0 aliphatic rings. The zero-order chi connectivity index (χ0) is 53.6. The van der Waals surface area contributed by atoms with Crippen molar-refractivity contribution in [1.29, 1.82) is 0 Å². The van der Waals surface area contributed by atoms with Crippen LogP contribution in [-0.4, -0.2) is 33.9 Å². The minimum Gasteiger partial charge on any atom is -0.508 e. The molecule has 416 valence electrons. The Bertz CT molecular complexity index is 2120. The first-order valence-electron chi connectivity index (χ1n) is 29.9. The molecule has 0 radical (unpaired) electrons. The summed E-state index contributed by atoms with van der Waals surface area (Å²) in [6.45, 7) is 8.79. The first kappa shape index (κ1) is 63.6. The van der Waals surface area contributed by atoms with Gasteiger partial charge in [-0.2, -0.15) is 0 Å². The molecule has 0 aliphatic carbocycles. The monoisotopic (exact) mass is 1030 g/mol. The van der Waals surface area contributed by atoms with E-state index in [0.717, 1.165) is 109 Å². The highest BCUT2D eigenvalue weighted by atomic mass is 16.6. The van der Waals surface area contributed by atoms with Crippen LogP contribution in [0.1, 0.15) is 295 Å². The van der Waals surface area contributed by atoms with E-state index < -0.39 is 46.4 Å². The quantitative estimate of drug-likeness (QED) is 0.0239. The molecule has 0 saturated heterocycles. The topological polar surface area (TPSA) is 167 Å². The van der Waals surface area contributed by atoms with E-state index in [2.05, 4.69) is 27.7 Å². The molecule has 11 nitrogen and oxygen atoms in total. The number of phenolic OH excluding ortho intramolecular Hbond substituents is 2. The number of hydrogen-bond acceptors (Lipinski definition) is 11. The lowest BCUT2D eigenvalue weighted by molar-refractivity contribution is -0.135. The van der Waals surface area contributed by atoms with Gasteiger partial charge in [-0.25, -0.2) is 0 Å². The van der Waals surface area contributed by atoms with E-state index in [0.29, 0.717) is 25.7 Å². The molecule has 2 N–H and O–H groups in total. The van der Waals surface area contributed by atoms with E-state index >= 15 is 4.79 Å². The summed E-state index contributed by atoms with van der Waals surface area (Å²) in [5, 5.41) is 21.0. The number of ether oxygens (including phenoxy) is 3. The molecule has 0 bridgehead atoms. The van der Waals surface area contributed by atoms with Crippen molar-refractivity contribution < 1.29 is 48.0 Å². The summed E-state index contributed by atoms with van der Waals surface area (Å²) in [5.41, 5.74) is -1.40. The number of unbranched alkanes of at least 4 members (excludes halogenated alkanes) is 32. The fourth-order valence-electron chi connectivity index (χ4n) is 9.67. The number of carbonyl (C=O) groups is 4. The molecular formula is C63H98O11. The highest BCUT2D eigenvalue weighted by Crippen LogP contribution is 2.43. The number of hydrogen-bond donors (Lipinski definition) is 2. The van der Waals surface area contributed by atoms with E-state index in [1.54, 1.807) is 0 Å². The zero-order valence-electron chi connectivity index (χ0n) is 46.7. The average molecular weight is 1030 g/mol. The minimum absolute atomic E-state index is 0.00518. The molecule has 0 unspecified atom stereocenters. The fraction of sp³-hybridized carbons (Fsp3) is 0.698. The molecule has 3 aromatic rings. The summed E-state index contributed by atoms with van der Waals surface area (Å²) in [6.07, 6.45) is 37.5. The van der Waals surface area contributed by atoms with Crippen LogP contribution in [0.25, 0.3) is 22.3 Å². The summed E-state index contributed by atoms with van der Waals surface area (Å²) in [4.78, 5) is 71.2. The predicted molar refractivity (Wildman–Crippen MR) is 300 cm³/mol. The second kappa shape index (κ2) is 39.7. The third-order valence-electron chi connectivity index (χ3n) is 14.2. The van der Waals surface area contributed by atoms with Crippen molar-refractivity contribution in [2.45, 2.75) is 285 Å². The third kappa shape index (κ3) is 25.2. The summed E-state index contributed by atoms with van der Waals surface area (Å²) >= 11 is 0. The largest absolute Gasteiger partial charge is 0.508 e. The van der Waals surface area contributed by atoms with Gasteiger partial charge in [-0.15, -0.1) is 0 Å². The van der Waals surface area contributed by atoms with Gasteiger partial charge in [0.1, 0.15) is 33.8 Å². The van der Waals surface area contributed by atoms with E-state index in [-0.39, 0.29) is 65.0 Å². The Morgan fingerprint density at radius 3 is 1.18 bits per heavy atom. The van der Waals surface area contributed by atoms with Crippen LogP contribution in [0.5, 0.6) is 28.7 Å². The molecular weight excluding hydrogens is 933 g/mol. The smallest absolute Gasteiger partial charge is 0.311 e. The van der Waals surface area contributed by atoms with Crippen molar-refractivity contribution in [2.75, 3.05) is 0 Å². The minimum atomic E-state index is -0.912. The van der Waals surface area contributed by atoms with E-state index in [4.69, 9.17) is 18.6 Å². The maximum Gasteiger partial charge on any atom is 0.311 e. The lowest BCUT2D eigenvalue weighted by Crippen LogP contribution is -2.20. The second-order valence-corrected chi connectivity index (χ2v) is 20.9. The van der Waals surface area contributed by atoms with E-state index in [1.165, 1.54) is 121 Å². The highest BCUT2D eigenvalue weighted by Gasteiger charge is 2.32. The standard InChI is InChI=1S/C63H98O11/c1-5-9-13-17-21-25-29-33-37-41-51(65)58-53(71-55(67)42-38-34-30-26-22-18-14-10-6-2)48-54-59(62(58)73-56(68)43-39-35-31-27-23-19-15-11-7-3)60(70)63(61(72-54)50-46-45-49(64)47-52(50)66)74-57(69)44-40-36-32-28-24-20-16-12-8-4/h45-48,64,66H,5-44H2,1-4H3. The Hall–Kier alpha value is -4.67. The molecule has 1 heterocycles. The number of phenols is 2. The summed E-state index contributed by atoms with van der Waals surface area (Å²) in [5.74, 6) is -4.64.